The zero-order valence-corrected chi connectivity index (χ0v) is 23.2. The molecule has 0 aliphatic carbocycles. The van der Waals surface area contributed by atoms with Crippen LogP contribution in [0.5, 0.6) is 17.2 Å². The first-order chi connectivity index (χ1) is 18.6. The van der Waals surface area contributed by atoms with Crippen LogP contribution in [0.2, 0.25) is 0 Å². The Morgan fingerprint density at radius 2 is 1.64 bits per heavy atom. The summed E-state index contributed by atoms with van der Waals surface area (Å²) >= 11 is 0. The van der Waals surface area contributed by atoms with Gasteiger partial charge in [0.05, 0.1) is 37.6 Å². The number of hydrogen-bond acceptors (Lipinski definition) is 12. The molecule has 208 valence electrons. The molecule has 0 amide bonds. The zero-order valence-electron chi connectivity index (χ0n) is 23.2. The second kappa shape index (κ2) is 12.7. The number of anilines is 5. The second-order valence-corrected chi connectivity index (χ2v) is 8.92. The van der Waals surface area contributed by atoms with Gasteiger partial charge < -0.3 is 40.1 Å². The monoisotopic (exact) mass is 538 g/mol. The third-order valence-electron chi connectivity index (χ3n) is 5.88. The fourth-order valence-corrected chi connectivity index (χ4v) is 3.79. The Bertz CT molecular complexity index is 1350. The van der Waals surface area contributed by atoms with E-state index in [0.717, 1.165) is 6.54 Å². The number of benzene rings is 2. The van der Waals surface area contributed by atoms with E-state index >= 15 is 0 Å². The number of rotatable bonds is 13. The van der Waals surface area contributed by atoms with E-state index in [2.05, 4.69) is 20.6 Å². The molecule has 13 heteroatoms. The number of likely N-dealkylation sites (N-methyl/N-ethyl adjacent to an activating group) is 2. The molecule has 0 saturated heterocycles. The lowest BCUT2D eigenvalue weighted by molar-refractivity contribution is -0.384. The molecule has 3 rings (SSSR count). The highest BCUT2D eigenvalue weighted by molar-refractivity contribution is 6.02. The molecule has 1 aromatic heterocycles. The average molecular weight is 539 g/mol. The first-order valence-electron chi connectivity index (χ1n) is 12.0. The number of nitro groups is 1. The SMILES string of the molecule is COc1cc(N(C)CCN(C)C)c([N+](=O)[O-])cc1Nc1nccc(Nc2cc(OC)c(OC)cc2C(C)=N)n1. The minimum absolute atomic E-state index is 0.0785. The van der Waals surface area contributed by atoms with Crippen molar-refractivity contribution in [3.05, 3.63) is 52.2 Å². The number of nitro benzene ring substituents is 1. The first-order valence-corrected chi connectivity index (χ1v) is 12.0. The highest BCUT2D eigenvalue weighted by Gasteiger charge is 2.22. The van der Waals surface area contributed by atoms with E-state index in [1.807, 2.05) is 23.9 Å². The van der Waals surface area contributed by atoms with Crippen molar-refractivity contribution in [1.29, 1.82) is 5.41 Å². The van der Waals surface area contributed by atoms with Crippen molar-refractivity contribution in [2.45, 2.75) is 6.92 Å². The summed E-state index contributed by atoms with van der Waals surface area (Å²) in [6.45, 7) is 2.98. The highest BCUT2D eigenvalue weighted by Crippen LogP contribution is 2.39. The van der Waals surface area contributed by atoms with Gasteiger partial charge in [0.1, 0.15) is 17.3 Å². The van der Waals surface area contributed by atoms with Crippen molar-refractivity contribution >= 4 is 40.2 Å². The molecule has 13 nitrogen and oxygen atoms in total. The number of methoxy groups -OCH3 is 3. The van der Waals surface area contributed by atoms with Crippen molar-refractivity contribution in [2.75, 3.05) is 71.1 Å². The lowest BCUT2D eigenvalue weighted by Gasteiger charge is -2.22. The highest BCUT2D eigenvalue weighted by atomic mass is 16.6. The van der Waals surface area contributed by atoms with Gasteiger partial charge in [-0.05, 0) is 33.2 Å². The van der Waals surface area contributed by atoms with Crippen LogP contribution in [-0.2, 0) is 0 Å². The number of nitrogens with one attached hydrogen (secondary N) is 3. The van der Waals surface area contributed by atoms with Crippen LogP contribution in [0.25, 0.3) is 0 Å². The third kappa shape index (κ3) is 7.02. The molecule has 0 fully saturated rings. The topological polar surface area (TPSA) is 151 Å². The maximum atomic E-state index is 11.9. The molecule has 1 heterocycles. The molecular formula is C26H34N8O5. The lowest BCUT2D eigenvalue weighted by Crippen LogP contribution is -2.28. The molecule has 39 heavy (non-hydrogen) atoms. The van der Waals surface area contributed by atoms with Gasteiger partial charge >= 0.3 is 0 Å². The van der Waals surface area contributed by atoms with Crippen LogP contribution in [0.4, 0.5) is 34.5 Å². The van der Waals surface area contributed by atoms with Crippen LogP contribution in [-0.4, -0.2) is 81.1 Å². The largest absolute Gasteiger partial charge is 0.494 e. The Morgan fingerprint density at radius 1 is 0.974 bits per heavy atom. The van der Waals surface area contributed by atoms with E-state index in [0.29, 0.717) is 57.9 Å². The quantitative estimate of drug-likeness (QED) is 0.162. The molecule has 0 bridgehead atoms. The molecule has 0 radical (unpaired) electrons. The second-order valence-electron chi connectivity index (χ2n) is 8.92. The maximum Gasteiger partial charge on any atom is 0.294 e. The third-order valence-corrected chi connectivity index (χ3v) is 5.88. The summed E-state index contributed by atoms with van der Waals surface area (Å²) in [7, 11) is 10.2. The van der Waals surface area contributed by atoms with Crippen LogP contribution in [0, 0.1) is 15.5 Å². The van der Waals surface area contributed by atoms with Crippen molar-refractivity contribution < 1.29 is 19.1 Å². The van der Waals surface area contributed by atoms with Crippen molar-refractivity contribution in [3.63, 3.8) is 0 Å². The molecule has 0 saturated carbocycles. The van der Waals surface area contributed by atoms with Gasteiger partial charge in [-0.2, -0.15) is 4.98 Å². The van der Waals surface area contributed by atoms with Crippen LogP contribution >= 0.6 is 0 Å². The Labute approximate surface area is 227 Å². The van der Waals surface area contributed by atoms with Crippen molar-refractivity contribution in [3.8, 4) is 17.2 Å². The molecule has 0 spiro atoms. The predicted octanol–water partition coefficient (Wildman–Crippen LogP) is 4.28. The molecule has 0 aliphatic rings. The van der Waals surface area contributed by atoms with Gasteiger partial charge in [-0.25, -0.2) is 4.98 Å². The van der Waals surface area contributed by atoms with Crippen LogP contribution in [0.3, 0.4) is 0 Å². The lowest BCUT2D eigenvalue weighted by atomic mass is 10.1. The van der Waals surface area contributed by atoms with E-state index in [-0.39, 0.29) is 11.6 Å². The Balaban J connectivity index is 1.95. The van der Waals surface area contributed by atoms with Crippen LogP contribution in [0.1, 0.15) is 12.5 Å². The van der Waals surface area contributed by atoms with Gasteiger partial charge in [0, 0.05) is 55.8 Å². The van der Waals surface area contributed by atoms with Gasteiger partial charge in [0.2, 0.25) is 5.95 Å². The standard InChI is InChI=1S/C26H34N8O5/c1-16(27)17-12-23(38-6)24(39-7)14-18(17)29-25-8-9-28-26(31-25)30-19-13-21(34(35)36)20(15-22(19)37-5)33(4)11-10-32(2)3/h8-9,12-15,27H,10-11H2,1-7H3,(H2,28,29,30,31). The summed E-state index contributed by atoms with van der Waals surface area (Å²) in [5.74, 6) is 2.01. The Kier molecular flexibility index (Phi) is 9.44. The number of nitrogens with zero attached hydrogens (tertiary/aromatic N) is 5. The van der Waals surface area contributed by atoms with Gasteiger partial charge in [-0.1, -0.05) is 0 Å². The number of aromatic nitrogens is 2. The smallest absolute Gasteiger partial charge is 0.294 e. The molecule has 2 aromatic carbocycles. The number of hydrogen-bond donors (Lipinski definition) is 3. The maximum absolute atomic E-state index is 11.9. The molecule has 0 aliphatic heterocycles. The minimum atomic E-state index is -0.427. The summed E-state index contributed by atoms with van der Waals surface area (Å²) in [4.78, 5) is 24.1. The molecule has 3 N–H and O–H groups in total. The summed E-state index contributed by atoms with van der Waals surface area (Å²) in [5, 5.41) is 26.3. The van der Waals surface area contributed by atoms with Gasteiger partial charge in [0.15, 0.2) is 11.5 Å². The molecule has 3 aromatic rings. The van der Waals surface area contributed by atoms with Gasteiger partial charge in [0.25, 0.3) is 5.69 Å². The van der Waals surface area contributed by atoms with Gasteiger partial charge in [-0.3, -0.25) is 10.1 Å². The molecule has 0 atom stereocenters. The predicted molar refractivity (Wildman–Crippen MR) is 152 cm³/mol. The van der Waals surface area contributed by atoms with E-state index in [9.17, 15) is 10.1 Å². The summed E-state index contributed by atoms with van der Waals surface area (Å²) in [6, 6.07) is 8.13. The fraction of sp³-hybridized carbons (Fsp3) is 0.346. The van der Waals surface area contributed by atoms with Gasteiger partial charge in [-0.15, -0.1) is 0 Å². The van der Waals surface area contributed by atoms with E-state index in [4.69, 9.17) is 19.6 Å². The average Bonchev–Trinajstić information content (AvgIpc) is 2.91. The summed E-state index contributed by atoms with van der Waals surface area (Å²) in [6.07, 6.45) is 1.54. The number of ether oxygens (including phenoxy) is 3. The normalized spacial score (nSPS) is 10.7. The minimum Gasteiger partial charge on any atom is -0.494 e. The van der Waals surface area contributed by atoms with E-state index < -0.39 is 4.92 Å². The summed E-state index contributed by atoms with van der Waals surface area (Å²) < 4.78 is 16.3. The van der Waals surface area contributed by atoms with Crippen molar-refractivity contribution in [1.82, 2.24) is 14.9 Å². The zero-order chi connectivity index (χ0) is 28.7. The van der Waals surface area contributed by atoms with Crippen LogP contribution < -0.4 is 29.7 Å². The van der Waals surface area contributed by atoms with E-state index in [1.54, 1.807) is 44.4 Å². The van der Waals surface area contributed by atoms with E-state index in [1.165, 1.54) is 27.4 Å². The van der Waals surface area contributed by atoms with Crippen LogP contribution in [0.15, 0.2) is 36.5 Å². The molecular weight excluding hydrogens is 504 g/mol. The van der Waals surface area contributed by atoms with Crippen molar-refractivity contribution in [2.24, 2.45) is 0 Å². The fourth-order valence-electron chi connectivity index (χ4n) is 3.79. The first kappa shape index (κ1) is 28.9. The Hall–Kier alpha value is -4.65. The summed E-state index contributed by atoms with van der Waals surface area (Å²) in [5.41, 5.74) is 2.20. The Morgan fingerprint density at radius 3 is 2.23 bits per heavy atom. The molecule has 0 unspecified atom stereocenters.